The van der Waals surface area contributed by atoms with Gasteiger partial charge in [-0.25, -0.2) is 0 Å². The number of carbonyl (C=O) groups excluding carboxylic acids is 1. The van der Waals surface area contributed by atoms with E-state index in [4.69, 9.17) is 10.5 Å². The lowest BCUT2D eigenvalue weighted by Gasteiger charge is -2.19. The topological polar surface area (TPSA) is 64.3 Å². The van der Waals surface area contributed by atoms with Gasteiger partial charge < -0.3 is 15.8 Å². The van der Waals surface area contributed by atoms with Gasteiger partial charge in [0.25, 0.3) is 5.91 Å². The molecule has 112 valence electrons. The van der Waals surface area contributed by atoms with Crippen molar-refractivity contribution >= 4 is 21.8 Å². The minimum Gasteiger partial charge on any atom is -0.479 e. The van der Waals surface area contributed by atoms with Crippen LogP contribution in [0.15, 0.2) is 22.7 Å². The molecule has 1 rings (SSSR count). The van der Waals surface area contributed by atoms with Gasteiger partial charge in [0.2, 0.25) is 0 Å². The van der Waals surface area contributed by atoms with Crippen molar-refractivity contribution < 1.29 is 9.53 Å². The fourth-order valence-electron chi connectivity index (χ4n) is 1.72. The van der Waals surface area contributed by atoms with Crippen LogP contribution in [0.25, 0.3) is 0 Å². The van der Waals surface area contributed by atoms with Gasteiger partial charge in [-0.2, -0.15) is 0 Å². The third-order valence-electron chi connectivity index (χ3n) is 2.81. The van der Waals surface area contributed by atoms with Gasteiger partial charge in [0.1, 0.15) is 5.75 Å². The average molecular weight is 343 g/mol. The van der Waals surface area contributed by atoms with Crippen LogP contribution >= 0.6 is 15.9 Å². The summed E-state index contributed by atoms with van der Waals surface area (Å²) in [7, 11) is 0. The number of ether oxygens (including phenoxy) is 1. The van der Waals surface area contributed by atoms with Gasteiger partial charge in [0.05, 0.1) is 4.47 Å². The Kier molecular flexibility index (Phi) is 7.02. The quantitative estimate of drug-likeness (QED) is 0.800. The summed E-state index contributed by atoms with van der Waals surface area (Å²) in [4.78, 5) is 12.0. The number of amides is 1. The van der Waals surface area contributed by atoms with Crippen LogP contribution in [0.5, 0.6) is 5.75 Å². The molecule has 0 radical (unpaired) electrons. The van der Waals surface area contributed by atoms with E-state index in [1.807, 2.05) is 18.2 Å². The summed E-state index contributed by atoms with van der Waals surface area (Å²) >= 11 is 3.46. The second-order valence-corrected chi connectivity index (χ2v) is 6.02. The lowest BCUT2D eigenvalue weighted by Crippen LogP contribution is -2.38. The first-order valence-corrected chi connectivity index (χ1v) is 7.66. The first-order valence-electron chi connectivity index (χ1n) is 6.87. The zero-order valence-corrected chi connectivity index (χ0v) is 13.9. The Morgan fingerprint density at radius 1 is 1.40 bits per heavy atom. The van der Waals surface area contributed by atoms with Crippen molar-refractivity contribution in [3.63, 3.8) is 0 Å². The molecule has 0 aliphatic carbocycles. The van der Waals surface area contributed by atoms with Gasteiger partial charge in [-0.3, -0.25) is 4.79 Å². The minimum atomic E-state index is -0.538. The Morgan fingerprint density at radius 2 is 2.10 bits per heavy atom. The Hall–Kier alpha value is -1.07. The number of hydrogen-bond donors (Lipinski definition) is 2. The normalized spacial score (nSPS) is 12.3. The highest BCUT2D eigenvalue weighted by Gasteiger charge is 2.17. The van der Waals surface area contributed by atoms with Gasteiger partial charge in [-0.1, -0.05) is 26.0 Å². The molecule has 5 heteroatoms. The van der Waals surface area contributed by atoms with E-state index in [9.17, 15) is 4.79 Å². The van der Waals surface area contributed by atoms with Crippen LogP contribution in [0.2, 0.25) is 0 Å². The Morgan fingerprint density at radius 3 is 2.70 bits per heavy atom. The SMILES string of the molecule is CC(C)CNC(=O)C(C)Oc1c(Br)cccc1CCN. The number of para-hydroxylation sites is 1. The van der Waals surface area contributed by atoms with E-state index in [-0.39, 0.29) is 5.91 Å². The zero-order chi connectivity index (χ0) is 15.1. The molecule has 20 heavy (non-hydrogen) atoms. The third kappa shape index (κ3) is 5.13. The van der Waals surface area contributed by atoms with Crippen molar-refractivity contribution in [2.75, 3.05) is 13.1 Å². The second kappa shape index (κ2) is 8.27. The van der Waals surface area contributed by atoms with E-state index in [1.54, 1.807) is 6.92 Å². The second-order valence-electron chi connectivity index (χ2n) is 5.17. The van der Waals surface area contributed by atoms with Crippen molar-refractivity contribution in [1.82, 2.24) is 5.32 Å². The lowest BCUT2D eigenvalue weighted by molar-refractivity contribution is -0.127. The van der Waals surface area contributed by atoms with Crippen molar-refractivity contribution in [1.29, 1.82) is 0 Å². The minimum absolute atomic E-state index is 0.104. The standard InChI is InChI=1S/C15H23BrN2O2/c1-10(2)9-18-15(19)11(3)20-14-12(7-8-17)5-4-6-13(14)16/h4-6,10-11H,7-9,17H2,1-3H3,(H,18,19). The first-order chi connectivity index (χ1) is 9.45. The molecule has 1 atom stereocenters. The van der Waals surface area contributed by atoms with E-state index in [0.29, 0.717) is 24.8 Å². The lowest BCUT2D eigenvalue weighted by atomic mass is 10.1. The maximum Gasteiger partial charge on any atom is 0.260 e. The van der Waals surface area contributed by atoms with E-state index in [1.165, 1.54) is 0 Å². The van der Waals surface area contributed by atoms with Crippen LogP contribution in [0.4, 0.5) is 0 Å². The molecular weight excluding hydrogens is 320 g/mol. The average Bonchev–Trinajstić information content (AvgIpc) is 2.40. The molecule has 3 N–H and O–H groups in total. The number of nitrogens with one attached hydrogen (secondary N) is 1. The van der Waals surface area contributed by atoms with Crippen molar-refractivity contribution in [3.05, 3.63) is 28.2 Å². The van der Waals surface area contributed by atoms with Crippen LogP contribution in [0.1, 0.15) is 26.3 Å². The number of nitrogens with two attached hydrogens (primary N) is 1. The van der Waals surface area contributed by atoms with Crippen LogP contribution in [0.3, 0.4) is 0 Å². The molecule has 0 aliphatic heterocycles. The molecule has 0 fully saturated rings. The van der Waals surface area contributed by atoms with Gasteiger partial charge >= 0.3 is 0 Å². The van der Waals surface area contributed by atoms with Crippen LogP contribution in [-0.2, 0) is 11.2 Å². The maximum atomic E-state index is 12.0. The van der Waals surface area contributed by atoms with Gasteiger partial charge in [-0.05, 0) is 53.4 Å². The molecule has 1 unspecified atom stereocenters. The Labute approximate surface area is 129 Å². The number of halogens is 1. The molecule has 0 saturated heterocycles. The fourth-order valence-corrected chi connectivity index (χ4v) is 2.22. The molecule has 0 heterocycles. The zero-order valence-electron chi connectivity index (χ0n) is 12.3. The smallest absolute Gasteiger partial charge is 0.260 e. The van der Waals surface area contributed by atoms with Crippen molar-refractivity contribution in [2.24, 2.45) is 11.7 Å². The summed E-state index contributed by atoms with van der Waals surface area (Å²) in [6.07, 6.45) is 0.179. The summed E-state index contributed by atoms with van der Waals surface area (Å²) in [6, 6.07) is 5.80. The molecular formula is C15H23BrN2O2. The molecule has 1 aromatic rings. The van der Waals surface area contributed by atoms with E-state index < -0.39 is 6.10 Å². The predicted molar refractivity (Wildman–Crippen MR) is 84.8 cm³/mol. The number of hydrogen-bond acceptors (Lipinski definition) is 3. The maximum absolute atomic E-state index is 12.0. The number of rotatable bonds is 7. The van der Waals surface area contributed by atoms with Crippen molar-refractivity contribution in [2.45, 2.75) is 33.3 Å². The summed E-state index contributed by atoms with van der Waals surface area (Å²) in [5.41, 5.74) is 6.61. The fraction of sp³-hybridized carbons (Fsp3) is 0.533. The number of carbonyl (C=O) groups is 1. The highest BCUT2D eigenvalue weighted by atomic mass is 79.9. The van der Waals surface area contributed by atoms with Crippen LogP contribution in [-0.4, -0.2) is 25.1 Å². The van der Waals surface area contributed by atoms with E-state index in [0.717, 1.165) is 16.5 Å². The molecule has 1 aromatic carbocycles. The molecule has 0 aliphatic rings. The van der Waals surface area contributed by atoms with Crippen LogP contribution < -0.4 is 15.8 Å². The predicted octanol–water partition coefficient (Wildman–Crippen LogP) is 2.49. The summed E-state index contributed by atoms with van der Waals surface area (Å²) in [6.45, 7) is 7.05. The molecule has 0 spiro atoms. The summed E-state index contributed by atoms with van der Waals surface area (Å²) in [5.74, 6) is 1.01. The summed E-state index contributed by atoms with van der Waals surface area (Å²) in [5, 5.41) is 2.87. The first kappa shape index (κ1) is 17.0. The molecule has 0 aromatic heterocycles. The highest BCUT2D eigenvalue weighted by molar-refractivity contribution is 9.10. The van der Waals surface area contributed by atoms with Crippen molar-refractivity contribution in [3.8, 4) is 5.75 Å². The molecule has 0 saturated carbocycles. The van der Waals surface area contributed by atoms with Gasteiger partial charge in [0, 0.05) is 6.54 Å². The molecule has 4 nitrogen and oxygen atoms in total. The Balaban J connectivity index is 2.74. The van der Waals surface area contributed by atoms with Gasteiger partial charge in [-0.15, -0.1) is 0 Å². The molecule has 1 amide bonds. The monoisotopic (exact) mass is 342 g/mol. The van der Waals surface area contributed by atoms with Crippen LogP contribution in [0, 0.1) is 5.92 Å². The van der Waals surface area contributed by atoms with E-state index in [2.05, 4.69) is 35.1 Å². The Bertz CT molecular complexity index is 449. The van der Waals surface area contributed by atoms with Gasteiger partial charge in [0.15, 0.2) is 6.10 Å². The highest BCUT2D eigenvalue weighted by Crippen LogP contribution is 2.30. The number of benzene rings is 1. The third-order valence-corrected chi connectivity index (χ3v) is 3.44. The molecule has 0 bridgehead atoms. The van der Waals surface area contributed by atoms with E-state index >= 15 is 0 Å². The largest absolute Gasteiger partial charge is 0.479 e. The summed E-state index contributed by atoms with van der Waals surface area (Å²) < 4.78 is 6.65.